The molecule has 4 rings (SSSR count). The lowest BCUT2D eigenvalue weighted by atomic mass is 10.1. The minimum atomic E-state index is -0.428. The molecule has 0 amide bonds. The van der Waals surface area contributed by atoms with Crippen molar-refractivity contribution in [2.75, 3.05) is 0 Å². The summed E-state index contributed by atoms with van der Waals surface area (Å²) in [6, 6.07) is 23.4. The van der Waals surface area contributed by atoms with Crippen molar-refractivity contribution < 1.29 is 9.53 Å². The second-order valence-electron chi connectivity index (χ2n) is 6.03. The second kappa shape index (κ2) is 7.25. The van der Waals surface area contributed by atoms with Gasteiger partial charge in [-0.3, -0.25) is 14.2 Å². The number of hydrogen-bond acceptors (Lipinski definition) is 4. The lowest BCUT2D eigenvalue weighted by molar-refractivity contribution is -0.133. The molecule has 0 bridgehead atoms. The summed E-state index contributed by atoms with van der Waals surface area (Å²) in [5, 5.41) is 0.599. The standard InChI is InChI=1S/C22H16N2O3/c25-20-15-19(27-21(26)14-16-8-3-1-4-9-16)18-12-7-13-23-22(18)24(20)17-10-5-2-6-11-17/h1-13,15H,14H2. The molecule has 0 atom stereocenters. The highest BCUT2D eigenvalue weighted by Gasteiger charge is 2.15. The van der Waals surface area contributed by atoms with Crippen LogP contribution in [0.5, 0.6) is 5.75 Å². The fraction of sp³-hybridized carbons (Fsp3) is 0.0455. The van der Waals surface area contributed by atoms with Crippen LogP contribution in [-0.2, 0) is 11.2 Å². The van der Waals surface area contributed by atoms with Gasteiger partial charge in [-0.05, 0) is 29.8 Å². The van der Waals surface area contributed by atoms with E-state index in [2.05, 4.69) is 4.98 Å². The maximum absolute atomic E-state index is 12.7. The Morgan fingerprint density at radius 3 is 2.37 bits per heavy atom. The van der Waals surface area contributed by atoms with Gasteiger partial charge in [0.1, 0.15) is 5.75 Å². The molecule has 0 unspecified atom stereocenters. The van der Waals surface area contributed by atoms with E-state index in [1.807, 2.05) is 60.7 Å². The number of carbonyl (C=O) groups excluding carboxylic acids is 1. The number of pyridine rings is 2. The van der Waals surface area contributed by atoms with E-state index in [9.17, 15) is 9.59 Å². The van der Waals surface area contributed by atoms with Gasteiger partial charge in [-0.2, -0.15) is 0 Å². The molecule has 132 valence electrons. The fourth-order valence-electron chi connectivity index (χ4n) is 2.96. The number of nitrogens with zero attached hydrogens (tertiary/aromatic N) is 2. The minimum Gasteiger partial charge on any atom is -0.425 e. The predicted molar refractivity (Wildman–Crippen MR) is 103 cm³/mol. The third kappa shape index (κ3) is 3.48. The molecule has 2 aromatic carbocycles. The molecule has 0 spiro atoms. The van der Waals surface area contributed by atoms with E-state index in [1.165, 1.54) is 10.6 Å². The molecular formula is C22H16N2O3. The molecule has 0 saturated heterocycles. The molecule has 5 nitrogen and oxygen atoms in total. The van der Waals surface area contributed by atoms with Crippen molar-refractivity contribution in [1.82, 2.24) is 9.55 Å². The third-order valence-electron chi connectivity index (χ3n) is 4.17. The first-order valence-electron chi connectivity index (χ1n) is 8.53. The Balaban J connectivity index is 1.75. The van der Waals surface area contributed by atoms with E-state index in [0.717, 1.165) is 5.56 Å². The van der Waals surface area contributed by atoms with Crippen molar-refractivity contribution in [2.45, 2.75) is 6.42 Å². The number of esters is 1. The van der Waals surface area contributed by atoms with Crippen LogP contribution in [0.1, 0.15) is 5.56 Å². The topological polar surface area (TPSA) is 61.2 Å². The largest absolute Gasteiger partial charge is 0.425 e. The average molecular weight is 356 g/mol. The summed E-state index contributed by atoms with van der Waals surface area (Å²) in [6.45, 7) is 0. The fourth-order valence-corrected chi connectivity index (χ4v) is 2.96. The van der Waals surface area contributed by atoms with Crippen LogP contribution in [0.25, 0.3) is 16.7 Å². The van der Waals surface area contributed by atoms with Gasteiger partial charge in [0.25, 0.3) is 5.56 Å². The maximum atomic E-state index is 12.7. The summed E-state index contributed by atoms with van der Waals surface area (Å²) >= 11 is 0. The second-order valence-corrected chi connectivity index (χ2v) is 6.03. The SMILES string of the molecule is O=C(Cc1ccccc1)Oc1cc(=O)n(-c2ccccc2)c2ncccc12. The van der Waals surface area contributed by atoms with Gasteiger partial charge in [0.05, 0.1) is 17.5 Å². The number of aromatic nitrogens is 2. The van der Waals surface area contributed by atoms with Crippen molar-refractivity contribution in [3.05, 3.63) is 101 Å². The van der Waals surface area contributed by atoms with Crippen LogP contribution in [0.3, 0.4) is 0 Å². The summed E-state index contributed by atoms with van der Waals surface area (Å²) in [5.41, 5.74) is 1.68. The van der Waals surface area contributed by atoms with Crippen LogP contribution < -0.4 is 10.3 Å². The van der Waals surface area contributed by atoms with Crippen LogP contribution >= 0.6 is 0 Å². The third-order valence-corrected chi connectivity index (χ3v) is 4.17. The van der Waals surface area contributed by atoms with Crippen molar-refractivity contribution >= 4 is 17.0 Å². The van der Waals surface area contributed by atoms with E-state index >= 15 is 0 Å². The van der Waals surface area contributed by atoms with E-state index in [0.29, 0.717) is 16.7 Å². The van der Waals surface area contributed by atoms with Gasteiger partial charge in [0, 0.05) is 12.3 Å². The van der Waals surface area contributed by atoms with Crippen LogP contribution in [0.15, 0.2) is 89.9 Å². The van der Waals surface area contributed by atoms with E-state index in [1.54, 1.807) is 18.3 Å². The summed E-state index contributed by atoms with van der Waals surface area (Å²) in [7, 11) is 0. The molecule has 4 aromatic rings. The molecule has 0 N–H and O–H groups in total. The highest BCUT2D eigenvalue weighted by Crippen LogP contribution is 2.24. The lowest BCUT2D eigenvalue weighted by Gasteiger charge is -2.12. The Labute approximate surface area is 155 Å². The molecule has 0 aliphatic rings. The zero-order valence-corrected chi connectivity index (χ0v) is 14.4. The van der Waals surface area contributed by atoms with Crippen LogP contribution in [-0.4, -0.2) is 15.5 Å². The minimum absolute atomic E-state index is 0.129. The number of benzene rings is 2. The van der Waals surface area contributed by atoms with Crippen molar-refractivity contribution in [3.8, 4) is 11.4 Å². The first-order chi connectivity index (χ1) is 13.2. The van der Waals surface area contributed by atoms with Gasteiger partial charge in [-0.15, -0.1) is 0 Å². The summed E-state index contributed by atoms with van der Waals surface area (Å²) < 4.78 is 7.01. The van der Waals surface area contributed by atoms with E-state index < -0.39 is 5.97 Å². The maximum Gasteiger partial charge on any atom is 0.315 e. The van der Waals surface area contributed by atoms with Crippen molar-refractivity contribution in [1.29, 1.82) is 0 Å². The van der Waals surface area contributed by atoms with Crippen molar-refractivity contribution in [2.24, 2.45) is 0 Å². The zero-order chi connectivity index (χ0) is 18.6. The summed E-state index contributed by atoms with van der Waals surface area (Å²) in [6.07, 6.45) is 1.74. The molecule has 2 heterocycles. The normalized spacial score (nSPS) is 10.7. The average Bonchev–Trinajstić information content (AvgIpc) is 2.69. The number of fused-ring (bicyclic) bond motifs is 1. The Kier molecular flexibility index (Phi) is 4.49. The van der Waals surface area contributed by atoms with E-state index in [4.69, 9.17) is 4.74 Å². The number of ether oxygens (including phenoxy) is 1. The molecule has 27 heavy (non-hydrogen) atoms. The number of hydrogen-bond donors (Lipinski definition) is 0. The lowest BCUT2D eigenvalue weighted by Crippen LogP contribution is -2.20. The first-order valence-corrected chi connectivity index (χ1v) is 8.53. The van der Waals surface area contributed by atoms with Gasteiger partial charge >= 0.3 is 5.97 Å². The van der Waals surface area contributed by atoms with Crippen LogP contribution in [0.4, 0.5) is 0 Å². The summed E-state index contributed by atoms with van der Waals surface area (Å²) in [4.78, 5) is 29.4. The Morgan fingerprint density at radius 1 is 0.926 bits per heavy atom. The van der Waals surface area contributed by atoms with Gasteiger partial charge < -0.3 is 4.74 Å². The Hall–Kier alpha value is -3.73. The molecule has 2 aromatic heterocycles. The molecule has 0 saturated carbocycles. The highest BCUT2D eigenvalue weighted by atomic mass is 16.5. The highest BCUT2D eigenvalue weighted by molar-refractivity contribution is 5.87. The van der Waals surface area contributed by atoms with Crippen LogP contribution in [0.2, 0.25) is 0 Å². The predicted octanol–water partition coefficient (Wildman–Crippen LogP) is 3.53. The molecular weight excluding hydrogens is 340 g/mol. The Morgan fingerprint density at radius 2 is 1.63 bits per heavy atom. The molecule has 0 aliphatic carbocycles. The van der Waals surface area contributed by atoms with E-state index in [-0.39, 0.29) is 17.7 Å². The van der Waals surface area contributed by atoms with Crippen molar-refractivity contribution in [3.63, 3.8) is 0 Å². The zero-order valence-electron chi connectivity index (χ0n) is 14.4. The molecule has 0 radical (unpaired) electrons. The number of rotatable bonds is 4. The van der Waals surface area contributed by atoms with Gasteiger partial charge in [0.2, 0.25) is 0 Å². The summed E-state index contributed by atoms with van der Waals surface area (Å²) in [5.74, 6) is -0.209. The number of para-hydroxylation sites is 1. The van der Waals surface area contributed by atoms with Gasteiger partial charge in [0.15, 0.2) is 5.65 Å². The Bertz CT molecular complexity index is 1150. The first kappa shape index (κ1) is 16.7. The van der Waals surface area contributed by atoms with Gasteiger partial charge in [-0.1, -0.05) is 48.5 Å². The van der Waals surface area contributed by atoms with Gasteiger partial charge in [-0.25, -0.2) is 4.98 Å². The smallest absolute Gasteiger partial charge is 0.315 e. The molecule has 0 aliphatic heterocycles. The van der Waals surface area contributed by atoms with Crippen LogP contribution in [0, 0.1) is 0 Å². The monoisotopic (exact) mass is 356 g/mol. The number of carbonyl (C=O) groups is 1. The quantitative estimate of drug-likeness (QED) is 0.525. The molecule has 5 heteroatoms. The molecule has 0 fully saturated rings.